The van der Waals surface area contributed by atoms with Crippen LogP contribution in [0.4, 0.5) is 0 Å². The number of aromatic nitrogens is 2. The van der Waals surface area contributed by atoms with Crippen LogP contribution in [0.1, 0.15) is 56.3 Å². The number of guanidine groups is 1. The third-order valence-corrected chi connectivity index (χ3v) is 5.09. The molecule has 2 rings (SSSR count). The third kappa shape index (κ3) is 7.58. The van der Waals surface area contributed by atoms with Gasteiger partial charge in [-0.15, -0.1) is 0 Å². The summed E-state index contributed by atoms with van der Waals surface area (Å²) in [6.07, 6.45) is 0. The van der Waals surface area contributed by atoms with Gasteiger partial charge in [-0.25, -0.2) is 4.99 Å². The molecule has 1 aromatic heterocycles. The second-order valence-corrected chi connectivity index (χ2v) is 8.20. The minimum absolute atomic E-state index is 0.114. The van der Waals surface area contributed by atoms with E-state index >= 15 is 0 Å². The molecule has 0 spiro atoms. The maximum Gasteiger partial charge on any atom is 0.192 e. The van der Waals surface area contributed by atoms with Crippen LogP contribution in [0.25, 0.3) is 0 Å². The van der Waals surface area contributed by atoms with Crippen molar-refractivity contribution in [3.05, 3.63) is 46.8 Å². The number of rotatable bonds is 11. The second-order valence-electron chi connectivity index (χ2n) is 8.20. The second kappa shape index (κ2) is 12.3. The summed E-state index contributed by atoms with van der Waals surface area (Å²) in [6.45, 7) is 16.1. The van der Waals surface area contributed by atoms with Crippen LogP contribution < -0.4 is 15.4 Å². The Morgan fingerprint density at radius 2 is 1.87 bits per heavy atom. The Bertz CT molecular complexity index is 827. The molecule has 31 heavy (non-hydrogen) atoms. The molecular formula is C24H39N5O2. The van der Waals surface area contributed by atoms with Gasteiger partial charge in [-0.05, 0) is 51.3 Å². The minimum Gasteiger partial charge on any atom is -0.493 e. The number of hydrogen-bond acceptors (Lipinski definition) is 4. The summed E-state index contributed by atoms with van der Waals surface area (Å²) in [6, 6.07) is 8.38. The van der Waals surface area contributed by atoms with Gasteiger partial charge in [0.1, 0.15) is 5.75 Å². The van der Waals surface area contributed by atoms with Gasteiger partial charge in [-0.1, -0.05) is 26.0 Å². The molecule has 0 fully saturated rings. The standard InChI is InChI=1S/C24H39N5O2/c1-8-25-24(26-15-23-19(5)28-29(20(23)6)13-14-30-7)27-18(4)21-9-11-22(12-10-21)31-16-17(2)3/h9-12,17-18H,8,13-16H2,1-7H3,(H2,25,26,27). The molecule has 2 N–H and O–H groups in total. The van der Waals surface area contributed by atoms with Crippen molar-refractivity contribution in [2.75, 3.05) is 26.9 Å². The summed E-state index contributed by atoms with van der Waals surface area (Å²) >= 11 is 0. The molecular weight excluding hydrogens is 390 g/mol. The molecule has 0 radical (unpaired) electrons. The van der Waals surface area contributed by atoms with Crippen LogP contribution >= 0.6 is 0 Å². The van der Waals surface area contributed by atoms with Gasteiger partial charge >= 0.3 is 0 Å². The fraction of sp³-hybridized carbons (Fsp3) is 0.583. The van der Waals surface area contributed by atoms with Gasteiger partial charge in [-0.3, -0.25) is 4.68 Å². The Hall–Kier alpha value is -2.54. The molecule has 0 aliphatic carbocycles. The van der Waals surface area contributed by atoms with Gasteiger partial charge in [0.05, 0.1) is 38.0 Å². The monoisotopic (exact) mass is 429 g/mol. The molecule has 1 unspecified atom stereocenters. The molecule has 7 nitrogen and oxygen atoms in total. The first kappa shape index (κ1) is 24.7. The number of aryl methyl sites for hydroxylation is 1. The number of ether oxygens (including phenoxy) is 2. The first-order chi connectivity index (χ1) is 14.8. The summed E-state index contributed by atoms with van der Waals surface area (Å²) < 4.78 is 13.0. The summed E-state index contributed by atoms with van der Waals surface area (Å²) in [4.78, 5) is 4.82. The summed E-state index contributed by atoms with van der Waals surface area (Å²) in [5.41, 5.74) is 4.49. The first-order valence-corrected chi connectivity index (χ1v) is 11.1. The fourth-order valence-corrected chi connectivity index (χ4v) is 3.24. The quantitative estimate of drug-likeness (QED) is 0.417. The number of hydrogen-bond donors (Lipinski definition) is 2. The highest BCUT2D eigenvalue weighted by Gasteiger charge is 2.13. The highest BCUT2D eigenvalue weighted by atomic mass is 16.5. The normalized spacial score (nSPS) is 12.8. The Morgan fingerprint density at radius 1 is 1.16 bits per heavy atom. The largest absolute Gasteiger partial charge is 0.493 e. The van der Waals surface area contributed by atoms with Crippen molar-refractivity contribution >= 4 is 5.96 Å². The van der Waals surface area contributed by atoms with Crippen molar-refractivity contribution < 1.29 is 9.47 Å². The van der Waals surface area contributed by atoms with E-state index in [-0.39, 0.29) is 6.04 Å². The van der Waals surface area contributed by atoms with Crippen molar-refractivity contribution in [2.45, 2.75) is 60.7 Å². The van der Waals surface area contributed by atoms with E-state index in [4.69, 9.17) is 14.5 Å². The zero-order chi connectivity index (χ0) is 22.8. The molecule has 0 aliphatic heterocycles. The van der Waals surface area contributed by atoms with E-state index in [2.05, 4.69) is 62.5 Å². The lowest BCUT2D eigenvalue weighted by molar-refractivity contribution is 0.182. The van der Waals surface area contributed by atoms with Crippen molar-refractivity contribution in [3.8, 4) is 5.75 Å². The van der Waals surface area contributed by atoms with Crippen LogP contribution in [0.15, 0.2) is 29.3 Å². The van der Waals surface area contributed by atoms with Gasteiger partial charge in [0.15, 0.2) is 5.96 Å². The van der Waals surface area contributed by atoms with Gasteiger partial charge < -0.3 is 20.1 Å². The van der Waals surface area contributed by atoms with E-state index in [0.29, 0.717) is 19.1 Å². The number of nitrogens with zero attached hydrogens (tertiary/aromatic N) is 3. The Morgan fingerprint density at radius 3 is 2.48 bits per heavy atom. The predicted molar refractivity (Wildman–Crippen MR) is 127 cm³/mol. The van der Waals surface area contributed by atoms with Crippen LogP contribution in [0.5, 0.6) is 5.75 Å². The number of aliphatic imine (C=N–C) groups is 1. The van der Waals surface area contributed by atoms with Crippen molar-refractivity contribution in [1.29, 1.82) is 0 Å². The highest BCUT2D eigenvalue weighted by molar-refractivity contribution is 5.80. The summed E-state index contributed by atoms with van der Waals surface area (Å²) in [7, 11) is 1.71. The van der Waals surface area contributed by atoms with E-state index < -0.39 is 0 Å². The van der Waals surface area contributed by atoms with Crippen LogP contribution in [0, 0.1) is 19.8 Å². The third-order valence-electron chi connectivity index (χ3n) is 5.09. The molecule has 0 amide bonds. The number of nitrogens with one attached hydrogen (secondary N) is 2. The average molecular weight is 430 g/mol. The van der Waals surface area contributed by atoms with Gasteiger partial charge in [0.25, 0.3) is 0 Å². The molecule has 0 saturated heterocycles. The highest BCUT2D eigenvalue weighted by Crippen LogP contribution is 2.19. The zero-order valence-electron chi connectivity index (χ0n) is 20.2. The van der Waals surface area contributed by atoms with Crippen molar-refractivity contribution in [2.24, 2.45) is 10.9 Å². The average Bonchev–Trinajstić information content (AvgIpc) is 3.02. The summed E-state index contributed by atoms with van der Waals surface area (Å²) in [5.74, 6) is 2.21. The van der Waals surface area contributed by atoms with E-state index in [1.54, 1.807) is 7.11 Å². The van der Waals surface area contributed by atoms with Crippen LogP contribution in [-0.4, -0.2) is 42.6 Å². The Labute approximate surface area is 187 Å². The fourth-order valence-electron chi connectivity index (χ4n) is 3.24. The van der Waals surface area contributed by atoms with Crippen LogP contribution in [0.3, 0.4) is 0 Å². The van der Waals surface area contributed by atoms with E-state index in [1.807, 2.05) is 23.7 Å². The van der Waals surface area contributed by atoms with Gasteiger partial charge in [-0.2, -0.15) is 5.10 Å². The van der Waals surface area contributed by atoms with Crippen molar-refractivity contribution in [3.63, 3.8) is 0 Å². The van der Waals surface area contributed by atoms with E-state index in [0.717, 1.165) is 48.4 Å². The van der Waals surface area contributed by atoms with Gasteiger partial charge in [0.2, 0.25) is 0 Å². The summed E-state index contributed by atoms with van der Waals surface area (Å²) in [5, 5.41) is 11.5. The molecule has 1 heterocycles. The topological polar surface area (TPSA) is 72.7 Å². The molecule has 0 saturated carbocycles. The molecule has 172 valence electrons. The molecule has 2 aromatic rings. The SMILES string of the molecule is CCNC(=NCc1c(C)nn(CCOC)c1C)NC(C)c1ccc(OCC(C)C)cc1. The lowest BCUT2D eigenvalue weighted by atomic mass is 10.1. The van der Waals surface area contributed by atoms with Crippen molar-refractivity contribution in [1.82, 2.24) is 20.4 Å². The van der Waals surface area contributed by atoms with Crippen LogP contribution in [0.2, 0.25) is 0 Å². The molecule has 7 heteroatoms. The molecule has 1 aromatic carbocycles. The van der Waals surface area contributed by atoms with Gasteiger partial charge in [0, 0.05) is 24.9 Å². The zero-order valence-corrected chi connectivity index (χ0v) is 20.2. The number of methoxy groups -OCH3 is 1. The predicted octanol–water partition coefficient (Wildman–Crippen LogP) is 4.00. The lowest BCUT2D eigenvalue weighted by Crippen LogP contribution is -2.38. The maximum absolute atomic E-state index is 5.79. The first-order valence-electron chi connectivity index (χ1n) is 11.1. The van der Waals surface area contributed by atoms with E-state index in [9.17, 15) is 0 Å². The lowest BCUT2D eigenvalue weighted by Gasteiger charge is -2.19. The maximum atomic E-state index is 5.79. The smallest absolute Gasteiger partial charge is 0.192 e. The number of benzene rings is 1. The molecule has 0 bridgehead atoms. The molecule has 0 aliphatic rings. The van der Waals surface area contributed by atoms with Crippen LogP contribution in [-0.2, 0) is 17.8 Å². The minimum atomic E-state index is 0.114. The van der Waals surface area contributed by atoms with E-state index in [1.165, 1.54) is 5.56 Å². The Kier molecular flexibility index (Phi) is 9.85. The Balaban J connectivity index is 2.05. The molecule has 1 atom stereocenters.